The van der Waals surface area contributed by atoms with Crippen LogP contribution in [0.15, 0.2) is 88.2 Å². The summed E-state index contributed by atoms with van der Waals surface area (Å²) in [5.74, 6) is 1.44. The smallest absolute Gasteiger partial charge is 0.262 e. The average Bonchev–Trinajstić information content (AvgIpc) is 3.19. The molecule has 1 aliphatic heterocycles. The molecule has 1 amide bonds. The van der Waals surface area contributed by atoms with E-state index >= 15 is 0 Å². The molecule has 0 spiro atoms. The predicted octanol–water partition coefficient (Wildman–Crippen LogP) is 7.92. The first-order chi connectivity index (χ1) is 17.6. The van der Waals surface area contributed by atoms with Crippen LogP contribution in [-0.4, -0.2) is 22.3 Å². The lowest BCUT2D eigenvalue weighted by Gasteiger charge is -2.39. The van der Waals surface area contributed by atoms with Gasteiger partial charge in [-0.15, -0.1) is 0 Å². The predicted molar refractivity (Wildman–Crippen MR) is 153 cm³/mol. The van der Waals surface area contributed by atoms with Crippen LogP contribution < -0.4 is 10.1 Å². The topological polar surface area (TPSA) is 41.6 Å². The Morgan fingerprint density at radius 2 is 1.72 bits per heavy atom. The highest BCUT2D eigenvalue weighted by molar-refractivity contribution is 9.10. The molecule has 6 heteroatoms. The summed E-state index contributed by atoms with van der Waals surface area (Å²) in [6.07, 6.45) is 6.69. The monoisotopic (exact) mass is 562 g/mol. The number of hydrogen-bond acceptors (Lipinski definition) is 4. The molecule has 0 aromatic heterocycles. The molecule has 2 fully saturated rings. The molecule has 1 N–H and O–H groups in total. The number of ether oxygens (including phenoxy) is 1. The van der Waals surface area contributed by atoms with E-state index in [4.69, 9.17) is 4.74 Å². The van der Waals surface area contributed by atoms with Crippen LogP contribution in [0.1, 0.15) is 43.7 Å². The van der Waals surface area contributed by atoms with Gasteiger partial charge in [-0.3, -0.25) is 4.79 Å². The molecule has 5 rings (SSSR count). The van der Waals surface area contributed by atoms with Crippen molar-refractivity contribution in [1.82, 2.24) is 4.90 Å². The summed E-state index contributed by atoms with van der Waals surface area (Å²) < 4.78 is 7.00. The third kappa shape index (κ3) is 5.98. The molecule has 3 aromatic carbocycles. The van der Waals surface area contributed by atoms with Crippen LogP contribution in [-0.2, 0) is 11.4 Å². The number of rotatable bonds is 7. The number of carbonyl (C=O) groups excluding carboxylic acids is 1. The summed E-state index contributed by atoms with van der Waals surface area (Å²) in [5.41, 5.74) is 3.04. The highest BCUT2D eigenvalue weighted by atomic mass is 79.9. The molecule has 0 radical (unpaired) electrons. The highest BCUT2D eigenvalue weighted by Crippen LogP contribution is 2.42. The van der Waals surface area contributed by atoms with Gasteiger partial charge in [0.1, 0.15) is 12.4 Å². The maximum Gasteiger partial charge on any atom is 0.262 e. The van der Waals surface area contributed by atoms with Crippen molar-refractivity contribution in [3.63, 3.8) is 0 Å². The number of benzene rings is 3. The largest absolute Gasteiger partial charge is 0.489 e. The first-order valence-electron chi connectivity index (χ1n) is 12.6. The van der Waals surface area contributed by atoms with Gasteiger partial charge in [-0.25, -0.2) is 0 Å². The Labute approximate surface area is 226 Å². The summed E-state index contributed by atoms with van der Waals surface area (Å²) in [5, 5.41) is 3.60. The fourth-order valence-electron chi connectivity index (χ4n) is 4.93. The Morgan fingerprint density at radius 1 is 1.00 bits per heavy atom. The number of carbonyl (C=O) groups is 1. The van der Waals surface area contributed by atoms with Crippen molar-refractivity contribution >= 4 is 45.4 Å². The summed E-state index contributed by atoms with van der Waals surface area (Å²) in [7, 11) is 0. The average molecular weight is 564 g/mol. The van der Waals surface area contributed by atoms with Gasteiger partial charge in [0.15, 0.2) is 5.50 Å². The third-order valence-electron chi connectivity index (χ3n) is 6.92. The van der Waals surface area contributed by atoms with Crippen LogP contribution in [0.2, 0.25) is 0 Å². The number of para-hydroxylation sites is 1. The lowest BCUT2D eigenvalue weighted by atomic mass is 9.85. The zero-order valence-electron chi connectivity index (χ0n) is 20.4. The molecule has 3 atom stereocenters. The van der Waals surface area contributed by atoms with E-state index in [1.807, 2.05) is 72.8 Å². The number of amides is 1. The number of thioether (sulfide) groups is 1. The summed E-state index contributed by atoms with van der Waals surface area (Å²) in [6.45, 7) is 2.81. The Hall–Kier alpha value is -2.70. The van der Waals surface area contributed by atoms with E-state index in [1.54, 1.807) is 11.8 Å². The first-order valence-corrected chi connectivity index (χ1v) is 14.2. The second-order valence-electron chi connectivity index (χ2n) is 9.51. The van der Waals surface area contributed by atoms with E-state index in [-0.39, 0.29) is 17.4 Å². The fourth-order valence-corrected chi connectivity index (χ4v) is 6.40. The first kappa shape index (κ1) is 25.0. The van der Waals surface area contributed by atoms with Crippen LogP contribution in [0.4, 0.5) is 5.69 Å². The van der Waals surface area contributed by atoms with Crippen LogP contribution in [0, 0.1) is 5.92 Å². The summed E-state index contributed by atoms with van der Waals surface area (Å²) in [6, 6.07) is 26.5. The van der Waals surface area contributed by atoms with Crippen molar-refractivity contribution in [3.8, 4) is 5.75 Å². The van der Waals surface area contributed by atoms with Crippen LogP contribution in [0.25, 0.3) is 6.08 Å². The van der Waals surface area contributed by atoms with Gasteiger partial charge in [0.25, 0.3) is 5.91 Å². The fraction of sp³-hybridized carbons (Fsp3) is 0.300. The van der Waals surface area contributed by atoms with Gasteiger partial charge in [0.2, 0.25) is 0 Å². The van der Waals surface area contributed by atoms with Gasteiger partial charge >= 0.3 is 0 Å². The minimum atomic E-state index is -0.106. The molecule has 0 bridgehead atoms. The lowest BCUT2D eigenvalue weighted by Crippen LogP contribution is -2.48. The molecule has 3 aromatic rings. The van der Waals surface area contributed by atoms with Crippen molar-refractivity contribution in [3.05, 3.63) is 99.4 Å². The van der Waals surface area contributed by atoms with Crippen LogP contribution in [0.5, 0.6) is 5.75 Å². The van der Waals surface area contributed by atoms with Crippen molar-refractivity contribution < 1.29 is 9.53 Å². The molecule has 36 heavy (non-hydrogen) atoms. The Balaban J connectivity index is 1.31. The van der Waals surface area contributed by atoms with Gasteiger partial charge < -0.3 is 15.0 Å². The van der Waals surface area contributed by atoms with Crippen molar-refractivity contribution in [2.45, 2.75) is 50.8 Å². The second-order valence-corrected chi connectivity index (χ2v) is 11.6. The van der Waals surface area contributed by atoms with Gasteiger partial charge in [0, 0.05) is 16.2 Å². The maximum atomic E-state index is 13.7. The van der Waals surface area contributed by atoms with Crippen LogP contribution in [0.3, 0.4) is 0 Å². The van der Waals surface area contributed by atoms with Gasteiger partial charge in [-0.2, -0.15) is 0 Å². The number of anilines is 1. The van der Waals surface area contributed by atoms with Gasteiger partial charge in [-0.05, 0) is 72.4 Å². The van der Waals surface area contributed by atoms with Crippen molar-refractivity contribution in [1.29, 1.82) is 0 Å². The third-order valence-corrected chi connectivity index (χ3v) is 8.56. The minimum Gasteiger partial charge on any atom is -0.489 e. The zero-order valence-corrected chi connectivity index (χ0v) is 22.8. The molecule has 2 aliphatic rings. The lowest BCUT2D eigenvalue weighted by molar-refractivity contribution is -0.129. The molecule has 1 heterocycles. The quantitative estimate of drug-likeness (QED) is 0.297. The highest BCUT2D eigenvalue weighted by Gasteiger charge is 2.42. The van der Waals surface area contributed by atoms with E-state index in [1.165, 1.54) is 19.3 Å². The maximum absolute atomic E-state index is 13.7. The van der Waals surface area contributed by atoms with Gasteiger partial charge in [0.05, 0.1) is 4.91 Å². The molecule has 186 valence electrons. The summed E-state index contributed by atoms with van der Waals surface area (Å²) in [4.78, 5) is 16.6. The molecular formula is C30H31BrN2O2S. The van der Waals surface area contributed by atoms with E-state index in [2.05, 4.69) is 45.2 Å². The minimum absolute atomic E-state index is 0.106. The van der Waals surface area contributed by atoms with E-state index in [9.17, 15) is 4.79 Å². The zero-order chi connectivity index (χ0) is 24.9. The molecule has 1 unspecified atom stereocenters. The second kappa shape index (κ2) is 11.6. The van der Waals surface area contributed by atoms with Gasteiger partial charge in [-0.1, -0.05) is 89.9 Å². The number of hydrogen-bond donors (Lipinski definition) is 1. The molecule has 1 saturated heterocycles. The van der Waals surface area contributed by atoms with E-state index < -0.39 is 0 Å². The Morgan fingerprint density at radius 3 is 2.44 bits per heavy atom. The Bertz CT molecular complexity index is 1200. The molecule has 1 aliphatic carbocycles. The molecular weight excluding hydrogens is 532 g/mol. The number of halogens is 1. The standard InChI is InChI=1S/C30H31BrN2O2S/c1-21-7-5-6-10-27(21)33-29(34)28(36-30(33)32-25-8-3-2-4-9-25)19-22-13-17-26(18-14-22)35-20-23-11-15-24(31)16-12-23/h2-4,8-9,11-19,21,27,30,32H,5-7,10,20H2,1H3/b28-19-/t21-,27+,30?/m1/s1. The normalized spacial score (nSPS) is 23.2. The summed E-state index contributed by atoms with van der Waals surface area (Å²) >= 11 is 5.08. The molecule has 4 nitrogen and oxygen atoms in total. The van der Waals surface area contributed by atoms with E-state index in [0.29, 0.717) is 12.5 Å². The van der Waals surface area contributed by atoms with Crippen LogP contribution >= 0.6 is 27.7 Å². The number of nitrogens with zero attached hydrogens (tertiary/aromatic N) is 1. The Kier molecular flexibility index (Phi) is 8.02. The molecule has 1 saturated carbocycles. The number of nitrogens with one attached hydrogen (secondary N) is 1. The van der Waals surface area contributed by atoms with Crippen molar-refractivity contribution in [2.75, 3.05) is 5.32 Å². The van der Waals surface area contributed by atoms with Crippen molar-refractivity contribution in [2.24, 2.45) is 5.92 Å². The SMILES string of the molecule is C[C@@H]1CCCC[C@@H]1N1C(=O)/C(=C/c2ccc(OCc3ccc(Br)cc3)cc2)SC1Nc1ccccc1. The van der Waals surface area contributed by atoms with E-state index in [0.717, 1.165) is 38.4 Å².